The molecule has 0 aliphatic carbocycles. The highest BCUT2D eigenvalue weighted by Crippen LogP contribution is 2.21. The highest BCUT2D eigenvalue weighted by molar-refractivity contribution is 9.10. The van der Waals surface area contributed by atoms with Crippen molar-refractivity contribution in [3.63, 3.8) is 0 Å². The van der Waals surface area contributed by atoms with Gasteiger partial charge in [0.1, 0.15) is 11.6 Å². The quantitative estimate of drug-likeness (QED) is 0.787. The van der Waals surface area contributed by atoms with E-state index in [1.165, 1.54) is 18.2 Å². The third-order valence-electron chi connectivity index (χ3n) is 3.76. The Morgan fingerprint density at radius 2 is 2.09 bits per heavy atom. The van der Waals surface area contributed by atoms with Crippen molar-refractivity contribution < 1.29 is 13.6 Å². The zero-order chi connectivity index (χ0) is 16.8. The van der Waals surface area contributed by atoms with E-state index >= 15 is 0 Å². The van der Waals surface area contributed by atoms with Gasteiger partial charge in [0, 0.05) is 11.0 Å². The molecule has 0 aliphatic rings. The van der Waals surface area contributed by atoms with Crippen molar-refractivity contribution in [2.24, 2.45) is 0 Å². The van der Waals surface area contributed by atoms with E-state index in [1.54, 1.807) is 6.26 Å². The summed E-state index contributed by atoms with van der Waals surface area (Å²) in [5.41, 5.74) is 0.407. The molecule has 1 unspecified atom stereocenters. The molecule has 0 bridgehead atoms. The molecule has 23 heavy (non-hydrogen) atoms. The molecule has 1 heterocycles. The van der Waals surface area contributed by atoms with Crippen LogP contribution in [-0.2, 0) is 0 Å². The lowest BCUT2D eigenvalue weighted by Crippen LogP contribution is -2.38. The highest BCUT2D eigenvalue weighted by Gasteiger charge is 2.22. The molecule has 0 aliphatic heterocycles. The third-order valence-corrected chi connectivity index (χ3v) is 4.41. The first-order valence-electron chi connectivity index (χ1n) is 7.57. The van der Waals surface area contributed by atoms with Crippen LogP contribution in [0, 0.1) is 5.82 Å². The predicted octanol–water partition coefficient (Wildman–Crippen LogP) is 3.99. The molecule has 1 N–H and O–H groups in total. The van der Waals surface area contributed by atoms with Crippen molar-refractivity contribution in [1.82, 2.24) is 10.2 Å². The standard InChI is InChI=1S/C17H20BrFN2O2/c1-3-21(4-2)15(16-6-5-9-23-16)11-20-17(22)13-8-7-12(19)10-14(13)18/h5-10,15H,3-4,11H2,1-2H3,(H,20,22). The smallest absolute Gasteiger partial charge is 0.252 e. The molecule has 6 heteroatoms. The summed E-state index contributed by atoms with van der Waals surface area (Å²) in [5, 5.41) is 2.90. The summed E-state index contributed by atoms with van der Waals surface area (Å²) in [6.45, 7) is 6.24. The van der Waals surface area contributed by atoms with Crippen LogP contribution < -0.4 is 5.32 Å². The van der Waals surface area contributed by atoms with E-state index in [2.05, 4.69) is 40.0 Å². The zero-order valence-corrected chi connectivity index (χ0v) is 14.8. The minimum Gasteiger partial charge on any atom is -0.468 e. The Labute approximate surface area is 143 Å². The predicted molar refractivity (Wildman–Crippen MR) is 90.8 cm³/mol. The fourth-order valence-corrected chi connectivity index (χ4v) is 3.04. The molecule has 0 radical (unpaired) electrons. The Morgan fingerprint density at radius 3 is 2.65 bits per heavy atom. The van der Waals surface area contributed by atoms with Crippen LogP contribution in [0.3, 0.4) is 0 Å². The van der Waals surface area contributed by atoms with Crippen LogP contribution in [0.1, 0.15) is 36.0 Å². The molecule has 0 fully saturated rings. The summed E-state index contributed by atoms with van der Waals surface area (Å²) in [7, 11) is 0. The van der Waals surface area contributed by atoms with Gasteiger partial charge in [-0.1, -0.05) is 13.8 Å². The lowest BCUT2D eigenvalue weighted by molar-refractivity contribution is 0.0929. The van der Waals surface area contributed by atoms with Gasteiger partial charge in [-0.25, -0.2) is 4.39 Å². The van der Waals surface area contributed by atoms with E-state index < -0.39 is 0 Å². The Hall–Kier alpha value is -1.66. The van der Waals surface area contributed by atoms with E-state index in [0.29, 0.717) is 16.6 Å². The topological polar surface area (TPSA) is 45.5 Å². The van der Waals surface area contributed by atoms with E-state index in [1.807, 2.05) is 12.1 Å². The second-order valence-electron chi connectivity index (χ2n) is 5.09. The monoisotopic (exact) mass is 382 g/mol. The van der Waals surface area contributed by atoms with Crippen molar-refractivity contribution in [2.75, 3.05) is 19.6 Å². The van der Waals surface area contributed by atoms with Gasteiger partial charge in [-0.2, -0.15) is 0 Å². The normalized spacial score (nSPS) is 12.4. The molecule has 0 spiro atoms. The summed E-state index contributed by atoms with van der Waals surface area (Å²) >= 11 is 3.22. The molecule has 2 aromatic rings. The van der Waals surface area contributed by atoms with E-state index in [0.717, 1.165) is 18.8 Å². The molecular weight excluding hydrogens is 363 g/mol. The van der Waals surface area contributed by atoms with Gasteiger partial charge in [-0.3, -0.25) is 9.69 Å². The van der Waals surface area contributed by atoms with Gasteiger partial charge >= 0.3 is 0 Å². The third kappa shape index (κ3) is 4.42. The number of halogens is 2. The Morgan fingerprint density at radius 1 is 1.35 bits per heavy atom. The number of nitrogens with zero attached hydrogens (tertiary/aromatic N) is 1. The molecule has 0 saturated carbocycles. The maximum atomic E-state index is 13.1. The van der Waals surface area contributed by atoms with Gasteiger partial charge < -0.3 is 9.73 Å². The van der Waals surface area contributed by atoms with Crippen LogP contribution in [0.5, 0.6) is 0 Å². The Kier molecular flexibility index (Phi) is 6.36. The minimum atomic E-state index is -0.384. The van der Waals surface area contributed by atoms with E-state index in [-0.39, 0.29) is 17.8 Å². The first-order valence-corrected chi connectivity index (χ1v) is 8.36. The van der Waals surface area contributed by atoms with Gasteiger partial charge in [-0.15, -0.1) is 0 Å². The number of nitrogens with one attached hydrogen (secondary N) is 1. The van der Waals surface area contributed by atoms with Gasteiger partial charge in [0.25, 0.3) is 5.91 Å². The summed E-state index contributed by atoms with van der Waals surface area (Å²) in [6.07, 6.45) is 1.63. The molecule has 2 rings (SSSR count). The zero-order valence-electron chi connectivity index (χ0n) is 13.2. The fourth-order valence-electron chi connectivity index (χ4n) is 2.51. The van der Waals surface area contributed by atoms with Crippen molar-refractivity contribution >= 4 is 21.8 Å². The average molecular weight is 383 g/mol. The maximum Gasteiger partial charge on any atom is 0.252 e. The Balaban J connectivity index is 2.10. The number of likely N-dealkylation sites (N-methyl/N-ethyl adjacent to an activating group) is 1. The van der Waals surface area contributed by atoms with Crippen LogP contribution in [0.15, 0.2) is 45.5 Å². The second-order valence-corrected chi connectivity index (χ2v) is 5.94. The molecule has 4 nitrogen and oxygen atoms in total. The molecule has 1 aromatic heterocycles. The van der Waals surface area contributed by atoms with Gasteiger partial charge in [0.15, 0.2) is 0 Å². The van der Waals surface area contributed by atoms with Gasteiger partial charge in [-0.05, 0) is 59.4 Å². The van der Waals surface area contributed by atoms with Crippen molar-refractivity contribution in [3.05, 3.63) is 58.2 Å². The fraction of sp³-hybridized carbons (Fsp3) is 0.353. The van der Waals surface area contributed by atoms with Crippen LogP contribution in [0.25, 0.3) is 0 Å². The van der Waals surface area contributed by atoms with Gasteiger partial charge in [0.05, 0.1) is 17.9 Å². The first-order chi connectivity index (χ1) is 11.1. The number of amides is 1. The molecule has 1 atom stereocenters. The Bertz CT molecular complexity index is 642. The number of rotatable bonds is 7. The number of benzene rings is 1. The molecule has 124 valence electrons. The average Bonchev–Trinajstić information content (AvgIpc) is 3.05. The summed E-state index contributed by atoms with van der Waals surface area (Å²) in [4.78, 5) is 14.5. The van der Waals surface area contributed by atoms with Crippen molar-refractivity contribution in [3.8, 4) is 0 Å². The first kappa shape index (κ1) is 17.7. The molecule has 1 aromatic carbocycles. The van der Waals surface area contributed by atoms with Crippen LogP contribution in [0.2, 0.25) is 0 Å². The highest BCUT2D eigenvalue weighted by atomic mass is 79.9. The minimum absolute atomic E-state index is 0.0387. The number of carbonyl (C=O) groups excluding carboxylic acids is 1. The van der Waals surface area contributed by atoms with Crippen LogP contribution in [0.4, 0.5) is 4.39 Å². The second kappa shape index (κ2) is 8.26. The van der Waals surface area contributed by atoms with Crippen LogP contribution in [-0.4, -0.2) is 30.4 Å². The van der Waals surface area contributed by atoms with Gasteiger partial charge in [0.2, 0.25) is 0 Å². The molecule has 0 saturated heterocycles. The van der Waals surface area contributed by atoms with E-state index in [4.69, 9.17) is 4.42 Å². The number of furan rings is 1. The van der Waals surface area contributed by atoms with Crippen molar-refractivity contribution in [1.29, 1.82) is 0 Å². The summed E-state index contributed by atoms with van der Waals surface area (Å²) in [5.74, 6) is 0.179. The SMILES string of the molecule is CCN(CC)C(CNC(=O)c1ccc(F)cc1Br)c1ccco1. The molecular formula is C17H20BrFN2O2. The van der Waals surface area contributed by atoms with E-state index in [9.17, 15) is 9.18 Å². The van der Waals surface area contributed by atoms with Crippen LogP contribution >= 0.6 is 15.9 Å². The largest absolute Gasteiger partial charge is 0.468 e. The number of carbonyl (C=O) groups is 1. The maximum absolute atomic E-state index is 13.1. The lowest BCUT2D eigenvalue weighted by atomic mass is 10.1. The number of hydrogen-bond acceptors (Lipinski definition) is 3. The summed E-state index contributed by atoms with van der Waals surface area (Å²) < 4.78 is 19.1. The number of hydrogen-bond donors (Lipinski definition) is 1. The summed E-state index contributed by atoms with van der Waals surface area (Å²) in [6, 6.07) is 7.72. The van der Waals surface area contributed by atoms with Crippen molar-refractivity contribution in [2.45, 2.75) is 19.9 Å². The molecule has 1 amide bonds. The lowest BCUT2D eigenvalue weighted by Gasteiger charge is -2.28.